The number of aryl methyl sites for hydroxylation is 1. The molecule has 4 N–H and O–H groups in total. The lowest BCUT2D eigenvalue weighted by atomic mass is 10.1. The van der Waals surface area contributed by atoms with Crippen LogP contribution >= 0.6 is 0 Å². The normalized spacial score (nSPS) is 11.1. The number of nitrogens with one attached hydrogen (secondary N) is 1. The topological polar surface area (TPSA) is 87.8 Å². The van der Waals surface area contributed by atoms with Crippen molar-refractivity contribution < 1.29 is 5.11 Å². The third kappa shape index (κ3) is 1.94. The molecule has 0 unspecified atom stereocenters. The van der Waals surface area contributed by atoms with E-state index >= 15 is 0 Å². The van der Waals surface area contributed by atoms with E-state index in [-0.39, 0.29) is 5.75 Å². The molecule has 0 atom stereocenters. The van der Waals surface area contributed by atoms with Crippen LogP contribution in [0.2, 0.25) is 0 Å². The van der Waals surface area contributed by atoms with Crippen LogP contribution < -0.4 is 5.73 Å². The quantitative estimate of drug-likeness (QED) is 0.653. The van der Waals surface area contributed by atoms with E-state index in [1.54, 1.807) is 18.3 Å². The summed E-state index contributed by atoms with van der Waals surface area (Å²) in [6.07, 6.45) is 1.66. The molecule has 0 saturated heterocycles. The molecule has 0 bridgehead atoms. The van der Waals surface area contributed by atoms with Crippen molar-refractivity contribution >= 4 is 10.9 Å². The predicted molar refractivity (Wildman–Crippen MR) is 73.6 cm³/mol. The van der Waals surface area contributed by atoms with Crippen molar-refractivity contribution in [2.24, 2.45) is 5.73 Å². The molecule has 0 aliphatic rings. The van der Waals surface area contributed by atoms with Crippen molar-refractivity contribution in [2.75, 3.05) is 0 Å². The first-order chi connectivity index (χ1) is 9.19. The van der Waals surface area contributed by atoms with E-state index in [1.807, 2.05) is 19.1 Å². The maximum absolute atomic E-state index is 9.64. The van der Waals surface area contributed by atoms with Gasteiger partial charge in [0, 0.05) is 28.7 Å². The third-order valence-electron chi connectivity index (χ3n) is 3.17. The van der Waals surface area contributed by atoms with Gasteiger partial charge in [0.25, 0.3) is 0 Å². The fourth-order valence-electron chi connectivity index (χ4n) is 2.29. The Kier molecular flexibility index (Phi) is 2.68. The summed E-state index contributed by atoms with van der Waals surface area (Å²) >= 11 is 0. The number of aromatic hydroxyl groups is 1. The van der Waals surface area contributed by atoms with Crippen molar-refractivity contribution in [3.8, 4) is 17.0 Å². The number of aromatic amines is 1. The van der Waals surface area contributed by atoms with Gasteiger partial charge in [0.2, 0.25) is 0 Å². The maximum atomic E-state index is 9.64. The Hall–Kier alpha value is -2.40. The second kappa shape index (κ2) is 4.37. The minimum absolute atomic E-state index is 0.232. The smallest absolute Gasteiger partial charge is 0.116 e. The number of hydrogen-bond donors (Lipinski definition) is 3. The molecular formula is C14H14N4O. The van der Waals surface area contributed by atoms with Gasteiger partial charge in [-0.1, -0.05) is 0 Å². The highest BCUT2D eigenvalue weighted by molar-refractivity contribution is 5.97. The van der Waals surface area contributed by atoms with E-state index in [0.717, 1.165) is 33.4 Å². The summed E-state index contributed by atoms with van der Waals surface area (Å²) in [4.78, 5) is 3.28. The highest BCUT2D eigenvalue weighted by Gasteiger charge is 2.13. The highest BCUT2D eigenvalue weighted by Crippen LogP contribution is 2.32. The predicted octanol–water partition coefficient (Wildman–Crippen LogP) is 2.10. The maximum Gasteiger partial charge on any atom is 0.116 e. The van der Waals surface area contributed by atoms with Gasteiger partial charge in [-0.05, 0) is 36.8 Å². The molecule has 2 aromatic heterocycles. The number of phenols is 1. The number of benzene rings is 1. The van der Waals surface area contributed by atoms with E-state index in [4.69, 9.17) is 5.73 Å². The molecule has 0 saturated carbocycles. The highest BCUT2D eigenvalue weighted by atomic mass is 16.3. The summed E-state index contributed by atoms with van der Waals surface area (Å²) in [7, 11) is 0. The average molecular weight is 254 g/mol. The molecule has 5 heteroatoms. The van der Waals surface area contributed by atoms with Gasteiger partial charge in [-0.2, -0.15) is 10.2 Å². The second-order valence-corrected chi connectivity index (χ2v) is 4.51. The Morgan fingerprint density at radius 1 is 1.32 bits per heavy atom. The standard InChI is InChI=1S/C14H14N4O/c1-8-14(13-4-9(6-15)7-16-18-13)11-5-10(19)2-3-12(11)17-8/h2-5,7,17,19H,6,15H2,1H3. The van der Waals surface area contributed by atoms with Crippen molar-refractivity contribution in [1.29, 1.82) is 0 Å². The Morgan fingerprint density at radius 2 is 2.16 bits per heavy atom. The van der Waals surface area contributed by atoms with Gasteiger partial charge < -0.3 is 15.8 Å². The van der Waals surface area contributed by atoms with Crippen molar-refractivity contribution in [1.82, 2.24) is 15.2 Å². The monoisotopic (exact) mass is 254 g/mol. The molecule has 19 heavy (non-hydrogen) atoms. The molecule has 0 aliphatic heterocycles. The molecule has 0 spiro atoms. The first-order valence-electron chi connectivity index (χ1n) is 6.02. The minimum Gasteiger partial charge on any atom is -0.508 e. The molecule has 3 aromatic rings. The van der Waals surface area contributed by atoms with Crippen LogP contribution in [-0.4, -0.2) is 20.3 Å². The zero-order valence-electron chi connectivity index (χ0n) is 10.5. The van der Waals surface area contributed by atoms with Crippen molar-refractivity contribution in [3.63, 3.8) is 0 Å². The van der Waals surface area contributed by atoms with Crippen LogP contribution in [0.1, 0.15) is 11.3 Å². The van der Waals surface area contributed by atoms with Crippen LogP contribution in [-0.2, 0) is 6.54 Å². The zero-order chi connectivity index (χ0) is 13.4. The fourth-order valence-corrected chi connectivity index (χ4v) is 2.29. The van der Waals surface area contributed by atoms with E-state index in [2.05, 4.69) is 15.2 Å². The lowest BCUT2D eigenvalue weighted by Gasteiger charge is -2.02. The van der Waals surface area contributed by atoms with Gasteiger partial charge in [0.05, 0.1) is 11.9 Å². The summed E-state index contributed by atoms with van der Waals surface area (Å²) < 4.78 is 0. The number of rotatable bonds is 2. The molecule has 0 aliphatic carbocycles. The number of hydrogen-bond acceptors (Lipinski definition) is 4. The van der Waals surface area contributed by atoms with E-state index in [1.165, 1.54) is 0 Å². The summed E-state index contributed by atoms with van der Waals surface area (Å²) in [6.45, 7) is 2.40. The van der Waals surface area contributed by atoms with Gasteiger partial charge in [0.1, 0.15) is 5.75 Å². The van der Waals surface area contributed by atoms with Crippen LogP contribution in [0, 0.1) is 6.92 Å². The lowest BCUT2D eigenvalue weighted by molar-refractivity contribution is 0.476. The zero-order valence-corrected chi connectivity index (χ0v) is 10.5. The summed E-state index contributed by atoms with van der Waals surface area (Å²) in [5.74, 6) is 0.232. The third-order valence-corrected chi connectivity index (χ3v) is 3.17. The molecular weight excluding hydrogens is 240 g/mol. The van der Waals surface area contributed by atoms with Crippen molar-refractivity contribution in [2.45, 2.75) is 13.5 Å². The Morgan fingerprint density at radius 3 is 2.95 bits per heavy atom. The van der Waals surface area contributed by atoms with E-state index < -0.39 is 0 Å². The van der Waals surface area contributed by atoms with Gasteiger partial charge in [0.15, 0.2) is 0 Å². The van der Waals surface area contributed by atoms with Crippen LogP contribution in [0.3, 0.4) is 0 Å². The Labute approximate surface area is 110 Å². The fraction of sp³-hybridized carbons (Fsp3) is 0.143. The van der Waals surface area contributed by atoms with Gasteiger partial charge in [-0.25, -0.2) is 0 Å². The summed E-state index contributed by atoms with van der Waals surface area (Å²) in [5.41, 5.74) is 10.2. The van der Waals surface area contributed by atoms with E-state index in [0.29, 0.717) is 6.54 Å². The molecule has 0 radical (unpaired) electrons. The SMILES string of the molecule is Cc1[nH]c2ccc(O)cc2c1-c1cc(CN)cnn1. The minimum atomic E-state index is 0.232. The number of fused-ring (bicyclic) bond motifs is 1. The molecule has 1 aromatic carbocycles. The molecule has 96 valence electrons. The summed E-state index contributed by atoms with van der Waals surface area (Å²) in [5, 5.41) is 18.7. The van der Waals surface area contributed by atoms with Gasteiger partial charge >= 0.3 is 0 Å². The number of phenolic OH excluding ortho intramolecular Hbond substituents is 1. The number of nitrogens with zero attached hydrogens (tertiary/aromatic N) is 2. The van der Waals surface area contributed by atoms with Crippen LogP contribution in [0.15, 0.2) is 30.5 Å². The first-order valence-corrected chi connectivity index (χ1v) is 6.02. The van der Waals surface area contributed by atoms with Crippen LogP contribution in [0.5, 0.6) is 5.75 Å². The number of H-pyrrole nitrogens is 1. The average Bonchev–Trinajstić information content (AvgIpc) is 2.74. The largest absolute Gasteiger partial charge is 0.508 e. The van der Waals surface area contributed by atoms with Gasteiger partial charge in [-0.15, -0.1) is 0 Å². The molecule has 3 rings (SSSR count). The van der Waals surface area contributed by atoms with E-state index in [9.17, 15) is 5.11 Å². The number of aromatic nitrogens is 3. The first kappa shape index (κ1) is 11.7. The van der Waals surface area contributed by atoms with Crippen LogP contribution in [0.25, 0.3) is 22.2 Å². The molecule has 5 nitrogen and oxygen atoms in total. The number of nitrogens with two attached hydrogens (primary N) is 1. The van der Waals surface area contributed by atoms with Gasteiger partial charge in [-0.3, -0.25) is 0 Å². The Bertz CT molecular complexity index is 748. The molecule has 2 heterocycles. The molecule has 0 amide bonds. The summed E-state index contributed by atoms with van der Waals surface area (Å²) in [6, 6.07) is 7.16. The Balaban J connectivity index is 2.28. The molecule has 0 fully saturated rings. The second-order valence-electron chi connectivity index (χ2n) is 4.51. The van der Waals surface area contributed by atoms with Crippen LogP contribution in [0.4, 0.5) is 0 Å². The van der Waals surface area contributed by atoms with Crippen molar-refractivity contribution in [3.05, 3.63) is 41.7 Å². The lowest BCUT2D eigenvalue weighted by Crippen LogP contribution is -1.99.